The monoisotopic (exact) mass is 388 g/mol. The Bertz CT molecular complexity index is 934. The minimum absolute atomic E-state index is 0.0736. The first-order valence-corrected chi connectivity index (χ1v) is 9.62. The quantitative estimate of drug-likeness (QED) is 0.664. The highest BCUT2D eigenvalue weighted by molar-refractivity contribution is 7.13. The summed E-state index contributed by atoms with van der Waals surface area (Å²) in [4.78, 5) is 21.4. The number of aryl methyl sites for hydroxylation is 3. The van der Waals surface area contributed by atoms with Crippen LogP contribution in [0.4, 0.5) is 4.39 Å². The van der Waals surface area contributed by atoms with E-state index in [-0.39, 0.29) is 5.91 Å². The number of pyridine rings is 1. The third-order valence-electron chi connectivity index (χ3n) is 4.13. The van der Waals surface area contributed by atoms with E-state index < -0.39 is 5.82 Å². The van der Waals surface area contributed by atoms with E-state index in [1.54, 1.807) is 6.07 Å². The first kappa shape index (κ1) is 19.2. The van der Waals surface area contributed by atoms with Crippen molar-refractivity contribution in [3.8, 4) is 11.4 Å². The van der Waals surface area contributed by atoms with Crippen LogP contribution >= 0.6 is 11.3 Å². The molecule has 0 atom stereocenters. The molecule has 0 radical (unpaired) electrons. The average Bonchev–Trinajstić information content (AvgIpc) is 3.21. The van der Waals surface area contributed by atoms with Crippen molar-refractivity contribution in [2.75, 3.05) is 6.54 Å². The van der Waals surface area contributed by atoms with Gasteiger partial charge in [-0.25, -0.2) is 9.37 Å². The number of rotatable bonds is 7. The van der Waals surface area contributed by atoms with Crippen LogP contribution in [-0.2, 0) is 12.8 Å². The zero-order valence-corrected chi connectivity index (χ0v) is 16.3. The summed E-state index contributed by atoms with van der Waals surface area (Å²) in [5, 5.41) is 7.84. The molecule has 3 aromatic heterocycles. The normalized spacial score (nSPS) is 11.0. The van der Waals surface area contributed by atoms with Crippen molar-refractivity contribution in [3.63, 3.8) is 0 Å². The second-order valence-corrected chi connectivity index (χ2v) is 7.29. The number of halogens is 1. The maximum Gasteiger partial charge on any atom is 0.263 e. The van der Waals surface area contributed by atoms with Crippen LogP contribution in [0.25, 0.3) is 11.4 Å². The van der Waals surface area contributed by atoms with Crippen LogP contribution < -0.4 is 5.32 Å². The fourth-order valence-corrected chi connectivity index (χ4v) is 3.70. The van der Waals surface area contributed by atoms with Crippen LogP contribution in [0, 0.1) is 19.7 Å². The van der Waals surface area contributed by atoms with E-state index in [1.165, 1.54) is 17.4 Å². The van der Waals surface area contributed by atoms with E-state index in [9.17, 15) is 9.18 Å². The zero-order valence-electron chi connectivity index (χ0n) is 15.5. The highest BCUT2D eigenvalue weighted by atomic mass is 32.1. The van der Waals surface area contributed by atoms with Crippen molar-refractivity contribution in [2.45, 2.75) is 40.0 Å². The molecule has 0 bridgehead atoms. The number of thiazole rings is 1. The average molecular weight is 388 g/mol. The summed E-state index contributed by atoms with van der Waals surface area (Å²) in [6, 6.07) is 2.93. The van der Waals surface area contributed by atoms with Gasteiger partial charge in [0.1, 0.15) is 22.1 Å². The molecule has 3 aromatic rings. The second-order valence-electron chi connectivity index (χ2n) is 6.21. The van der Waals surface area contributed by atoms with Crippen molar-refractivity contribution in [2.24, 2.45) is 0 Å². The molecule has 6 nitrogen and oxygen atoms in total. The SMILES string of the molecule is CCCNC(=O)c1sc(CCc2c(-c3ccc(F)cn3)noc2C)nc1C. The Kier molecular flexibility index (Phi) is 5.95. The zero-order chi connectivity index (χ0) is 19.4. The topological polar surface area (TPSA) is 80.9 Å². The van der Waals surface area contributed by atoms with Crippen molar-refractivity contribution < 1.29 is 13.7 Å². The Morgan fingerprint density at radius 3 is 2.81 bits per heavy atom. The maximum atomic E-state index is 13.1. The summed E-state index contributed by atoms with van der Waals surface area (Å²) in [7, 11) is 0. The van der Waals surface area contributed by atoms with E-state index >= 15 is 0 Å². The minimum Gasteiger partial charge on any atom is -0.361 e. The third kappa shape index (κ3) is 4.39. The molecular weight excluding hydrogens is 367 g/mol. The van der Waals surface area contributed by atoms with Gasteiger partial charge in [-0.3, -0.25) is 9.78 Å². The molecule has 142 valence electrons. The number of amides is 1. The highest BCUT2D eigenvalue weighted by Crippen LogP contribution is 2.26. The molecule has 0 saturated carbocycles. The molecule has 8 heteroatoms. The summed E-state index contributed by atoms with van der Waals surface area (Å²) in [5.41, 5.74) is 2.84. The van der Waals surface area contributed by atoms with Gasteiger partial charge < -0.3 is 9.84 Å². The lowest BCUT2D eigenvalue weighted by atomic mass is 10.1. The molecule has 0 saturated heterocycles. The molecule has 3 rings (SSSR count). The van der Waals surface area contributed by atoms with Crippen molar-refractivity contribution in [1.29, 1.82) is 0 Å². The summed E-state index contributed by atoms with van der Waals surface area (Å²) < 4.78 is 18.4. The van der Waals surface area contributed by atoms with E-state index in [0.29, 0.717) is 41.4 Å². The van der Waals surface area contributed by atoms with Gasteiger partial charge in [-0.2, -0.15) is 0 Å². The lowest BCUT2D eigenvalue weighted by molar-refractivity contribution is 0.0957. The molecule has 0 aliphatic rings. The first-order valence-electron chi connectivity index (χ1n) is 8.81. The fourth-order valence-electron chi connectivity index (χ4n) is 2.72. The highest BCUT2D eigenvalue weighted by Gasteiger charge is 2.18. The van der Waals surface area contributed by atoms with E-state index in [1.807, 2.05) is 20.8 Å². The molecule has 0 fully saturated rings. The van der Waals surface area contributed by atoms with Crippen molar-refractivity contribution >= 4 is 17.2 Å². The number of carbonyl (C=O) groups excluding carboxylic acids is 1. The lowest BCUT2D eigenvalue weighted by Crippen LogP contribution is -2.23. The predicted molar refractivity (Wildman–Crippen MR) is 101 cm³/mol. The number of aromatic nitrogens is 3. The standard InChI is InChI=1S/C19H21FN4O2S/c1-4-9-21-19(25)18-11(2)23-16(27-18)8-6-14-12(3)26-24-17(14)15-7-5-13(20)10-22-15/h5,7,10H,4,6,8-9H2,1-3H3,(H,21,25). The Morgan fingerprint density at radius 2 is 2.11 bits per heavy atom. The number of carbonyl (C=O) groups is 1. The van der Waals surface area contributed by atoms with Gasteiger partial charge in [0.15, 0.2) is 0 Å². The van der Waals surface area contributed by atoms with Gasteiger partial charge in [-0.15, -0.1) is 11.3 Å². The molecule has 0 unspecified atom stereocenters. The summed E-state index contributed by atoms with van der Waals surface area (Å²) >= 11 is 1.41. The number of hydrogen-bond donors (Lipinski definition) is 1. The van der Waals surface area contributed by atoms with Gasteiger partial charge in [0.2, 0.25) is 0 Å². The maximum absolute atomic E-state index is 13.1. The Labute approximate surface area is 160 Å². The second kappa shape index (κ2) is 8.39. The number of hydrogen-bond acceptors (Lipinski definition) is 6. The summed E-state index contributed by atoms with van der Waals surface area (Å²) in [6.45, 7) is 6.35. The van der Waals surface area contributed by atoms with Crippen LogP contribution in [0.2, 0.25) is 0 Å². The van der Waals surface area contributed by atoms with Gasteiger partial charge in [-0.05, 0) is 38.8 Å². The van der Waals surface area contributed by atoms with E-state index in [4.69, 9.17) is 4.52 Å². The van der Waals surface area contributed by atoms with Gasteiger partial charge >= 0.3 is 0 Å². The van der Waals surface area contributed by atoms with Gasteiger partial charge in [0, 0.05) is 18.5 Å². The van der Waals surface area contributed by atoms with Crippen LogP contribution in [0.1, 0.15) is 45.0 Å². The van der Waals surface area contributed by atoms with Gasteiger partial charge in [0.05, 0.1) is 22.6 Å². The van der Waals surface area contributed by atoms with Crippen molar-refractivity contribution in [3.05, 3.63) is 51.0 Å². The molecule has 0 aromatic carbocycles. The largest absolute Gasteiger partial charge is 0.361 e. The van der Waals surface area contributed by atoms with Gasteiger partial charge in [0.25, 0.3) is 5.91 Å². The van der Waals surface area contributed by atoms with E-state index in [0.717, 1.165) is 28.9 Å². The van der Waals surface area contributed by atoms with Crippen molar-refractivity contribution in [1.82, 2.24) is 20.4 Å². The van der Waals surface area contributed by atoms with Crippen LogP contribution in [0.3, 0.4) is 0 Å². The summed E-state index contributed by atoms with van der Waals surface area (Å²) in [6.07, 6.45) is 3.35. The van der Waals surface area contributed by atoms with Crippen LogP contribution in [-0.4, -0.2) is 27.6 Å². The fraction of sp³-hybridized carbons (Fsp3) is 0.368. The Hall–Kier alpha value is -2.61. The molecular formula is C19H21FN4O2S. The molecule has 1 amide bonds. The van der Waals surface area contributed by atoms with E-state index in [2.05, 4.69) is 20.4 Å². The number of nitrogens with zero attached hydrogens (tertiary/aromatic N) is 3. The molecule has 27 heavy (non-hydrogen) atoms. The number of nitrogens with one attached hydrogen (secondary N) is 1. The molecule has 0 aliphatic heterocycles. The third-order valence-corrected chi connectivity index (χ3v) is 5.34. The first-order chi connectivity index (χ1) is 13.0. The molecule has 0 aliphatic carbocycles. The molecule has 3 heterocycles. The lowest BCUT2D eigenvalue weighted by Gasteiger charge is -2.01. The molecule has 1 N–H and O–H groups in total. The summed E-state index contributed by atoms with van der Waals surface area (Å²) in [5.74, 6) is 0.230. The van der Waals surface area contributed by atoms with Crippen LogP contribution in [0.15, 0.2) is 22.9 Å². The Morgan fingerprint density at radius 1 is 1.30 bits per heavy atom. The predicted octanol–water partition coefficient (Wildman–Crippen LogP) is 3.87. The van der Waals surface area contributed by atoms with Crippen LogP contribution in [0.5, 0.6) is 0 Å². The smallest absolute Gasteiger partial charge is 0.263 e. The minimum atomic E-state index is -0.396. The van der Waals surface area contributed by atoms with Gasteiger partial charge in [-0.1, -0.05) is 12.1 Å². The Balaban J connectivity index is 1.75. The molecule has 0 spiro atoms.